The summed E-state index contributed by atoms with van der Waals surface area (Å²) < 4.78 is 7.24. The summed E-state index contributed by atoms with van der Waals surface area (Å²) in [6, 6.07) is 11.2. The second-order valence-corrected chi connectivity index (χ2v) is 6.05. The minimum absolute atomic E-state index is 0.280. The number of rotatable bonds is 4. The van der Waals surface area contributed by atoms with Gasteiger partial charge in [0.25, 0.3) is 5.91 Å². The summed E-state index contributed by atoms with van der Waals surface area (Å²) in [5.41, 5.74) is 2.68. The van der Waals surface area contributed by atoms with E-state index in [1.807, 2.05) is 22.9 Å². The van der Waals surface area contributed by atoms with Gasteiger partial charge in [-0.25, -0.2) is 0 Å². The molecule has 25 heavy (non-hydrogen) atoms. The lowest BCUT2D eigenvalue weighted by molar-refractivity contribution is 0.102. The fourth-order valence-electron chi connectivity index (χ4n) is 2.73. The van der Waals surface area contributed by atoms with E-state index >= 15 is 0 Å². The summed E-state index contributed by atoms with van der Waals surface area (Å²) in [5.74, 6) is 0.346. The standard InChI is InChI=1S/C18H17N5O2/c1-11(2)23-16-6-5-13(8-12(16)10-19-23)20-18(24)15-9-14(21-22-15)17-4-3-7-25-17/h3-11H,1-2H3,(H,20,24)(H,21,22). The molecule has 0 bridgehead atoms. The third-order valence-electron chi connectivity index (χ3n) is 3.94. The smallest absolute Gasteiger partial charge is 0.276 e. The summed E-state index contributed by atoms with van der Waals surface area (Å²) in [6.45, 7) is 4.16. The number of aromatic nitrogens is 4. The lowest BCUT2D eigenvalue weighted by Gasteiger charge is -2.08. The maximum Gasteiger partial charge on any atom is 0.276 e. The monoisotopic (exact) mass is 335 g/mol. The van der Waals surface area contributed by atoms with Crippen LogP contribution in [-0.4, -0.2) is 25.9 Å². The van der Waals surface area contributed by atoms with E-state index in [0.717, 1.165) is 10.9 Å². The zero-order valence-electron chi connectivity index (χ0n) is 13.9. The number of benzene rings is 1. The average Bonchev–Trinajstić information content (AvgIpc) is 3.33. The van der Waals surface area contributed by atoms with E-state index in [1.54, 1.807) is 30.7 Å². The molecular weight excluding hydrogens is 318 g/mol. The second-order valence-electron chi connectivity index (χ2n) is 6.05. The molecule has 0 spiro atoms. The molecule has 1 aromatic carbocycles. The second kappa shape index (κ2) is 5.94. The Morgan fingerprint density at radius 1 is 1.28 bits per heavy atom. The number of hydrogen-bond donors (Lipinski definition) is 2. The quantitative estimate of drug-likeness (QED) is 0.593. The van der Waals surface area contributed by atoms with E-state index in [2.05, 4.69) is 34.5 Å². The largest absolute Gasteiger partial charge is 0.463 e. The van der Waals surface area contributed by atoms with Crippen LogP contribution in [0.3, 0.4) is 0 Å². The van der Waals surface area contributed by atoms with Crippen LogP contribution < -0.4 is 5.32 Å². The van der Waals surface area contributed by atoms with Crippen LogP contribution in [0.25, 0.3) is 22.4 Å². The third kappa shape index (κ3) is 2.80. The first kappa shape index (κ1) is 15.2. The number of nitrogens with one attached hydrogen (secondary N) is 2. The first-order chi connectivity index (χ1) is 12.1. The highest BCUT2D eigenvalue weighted by atomic mass is 16.3. The number of carbonyl (C=O) groups is 1. The van der Waals surface area contributed by atoms with Crippen LogP contribution in [0.2, 0.25) is 0 Å². The Balaban J connectivity index is 1.55. The molecule has 0 aliphatic heterocycles. The number of aromatic amines is 1. The summed E-state index contributed by atoms with van der Waals surface area (Å²) in [7, 11) is 0. The summed E-state index contributed by atoms with van der Waals surface area (Å²) in [6.07, 6.45) is 3.37. The molecule has 4 rings (SSSR count). The number of nitrogens with zero attached hydrogens (tertiary/aromatic N) is 3. The topological polar surface area (TPSA) is 88.7 Å². The van der Waals surface area contributed by atoms with Crippen LogP contribution in [-0.2, 0) is 0 Å². The molecule has 0 aliphatic rings. The van der Waals surface area contributed by atoms with Gasteiger partial charge < -0.3 is 9.73 Å². The first-order valence-electron chi connectivity index (χ1n) is 8.00. The summed E-state index contributed by atoms with van der Waals surface area (Å²) >= 11 is 0. The molecule has 0 unspecified atom stereocenters. The number of H-pyrrole nitrogens is 1. The van der Waals surface area contributed by atoms with Crippen LogP contribution in [0.1, 0.15) is 30.4 Å². The highest BCUT2D eigenvalue weighted by Crippen LogP contribution is 2.22. The molecule has 0 saturated carbocycles. The molecule has 7 heteroatoms. The van der Waals surface area contributed by atoms with E-state index in [0.29, 0.717) is 22.8 Å². The van der Waals surface area contributed by atoms with Crippen LogP contribution in [0.4, 0.5) is 5.69 Å². The summed E-state index contributed by atoms with van der Waals surface area (Å²) in [4.78, 5) is 12.4. The highest BCUT2D eigenvalue weighted by Gasteiger charge is 2.14. The van der Waals surface area contributed by atoms with Crippen molar-refractivity contribution in [3.8, 4) is 11.5 Å². The molecule has 4 aromatic rings. The van der Waals surface area contributed by atoms with Gasteiger partial charge in [0.15, 0.2) is 11.5 Å². The van der Waals surface area contributed by atoms with Gasteiger partial charge in [-0.3, -0.25) is 14.6 Å². The van der Waals surface area contributed by atoms with E-state index in [9.17, 15) is 4.79 Å². The molecule has 0 atom stereocenters. The van der Waals surface area contributed by atoms with E-state index in [4.69, 9.17) is 4.42 Å². The zero-order chi connectivity index (χ0) is 17.4. The van der Waals surface area contributed by atoms with E-state index in [1.165, 1.54) is 0 Å². The van der Waals surface area contributed by atoms with Gasteiger partial charge in [-0.2, -0.15) is 10.2 Å². The maximum absolute atomic E-state index is 12.4. The van der Waals surface area contributed by atoms with Crippen molar-refractivity contribution in [2.75, 3.05) is 5.32 Å². The molecule has 126 valence electrons. The predicted molar refractivity (Wildman–Crippen MR) is 94.4 cm³/mol. The molecule has 7 nitrogen and oxygen atoms in total. The lowest BCUT2D eigenvalue weighted by Crippen LogP contribution is -2.12. The summed E-state index contributed by atoms with van der Waals surface area (Å²) in [5, 5.41) is 15.1. The Morgan fingerprint density at radius 3 is 2.92 bits per heavy atom. The van der Waals surface area contributed by atoms with Crippen molar-refractivity contribution < 1.29 is 9.21 Å². The van der Waals surface area contributed by atoms with Crippen molar-refractivity contribution in [3.05, 3.63) is 54.6 Å². The van der Waals surface area contributed by atoms with Crippen LogP contribution in [0, 0.1) is 0 Å². The first-order valence-corrected chi connectivity index (χ1v) is 8.00. The third-order valence-corrected chi connectivity index (χ3v) is 3.94. The van der Waals surface area contributed by atoms with Gasteiger partial charge in [0, 0.05) is 23.2 Å². The van der Waals surface area contributed by atoms with Gasteiger partial charge in [0.1, 0.15) is 5.69 Å². The SMILES string of the molecule is CC(C)n1ncc2cc(NC(=O)c3cc(-c4ccco4)[nH]n3)ccc21. The Labute approximate surface area is 143 Å². The number of amides is 1. The molecule has 1 amide bonds. The minimum atomic E-state index is -0.287. The van der Waals surface area contributed by atoms with Crippen molar-refractivity contribution in [3.63, 3.8) is 0 Å². The fraction of sp³-hybridized carbons (Fsp3) is 0.167. The van der Waals surface area contributed by atoms with Crippen molar-refractivity contribution in [2.24, 2.45) is 0 Å². The van der Waals surface area contributed by atoms with E-state index in [-0.39, 0.29) is 11.9 Å². The number of carbonyl (C=O) groups excluding carboxylic acids is 1. The highest BCUT2D eigenvalue weighted by molar-refractivity contribution is 6.04. The Kier molecular flexibility index (Phi) is 3.61. The number of furan rings is 1. The van der Waals surface area contributed by atoms with Gasteiger partial charge in [0.2, 0.25) is 0 Å². The minimum Gasteiger partial charge on any atom is -0.463 e. The van der Waals surface area contributed by atoms with Crippen molar-refractivity contribution in [1.29, 1.82) is 0 Å². The number of anilines is 1. The number of fused-ring (bicyclic) bond motifs is 1. The van der Waals surface area contributed by atoms with Crippen LogP contribution >= 0.6 is 0 Å². The molecule has 0 radical (unpaired) electrons. The molecular formula is C18H17N5O2. The number of hydrogen-bond acceptors (Lipinski definition) is 4. The van der Waals surface area contributed by atoms with Crippen molar-refractivity contribution in [1.82, 2.24) is 20.0 Å². The molecule has 0 saturated heterocycles. The Hall–Kier alpha value is -3.35. The fourth-order valence-corrected chi connectivity index (χ4v) is 2.73. The van der Waals surface area contributed by atoms with Gasteiger partial charge >= 0.3 is 0 Å². The zero-order valence-corrected chi connectivity index (χ0v) is 13.9. The molecule has 0 aliphatic carbocycles. The molecule has 3 heterocycles. The maximum atomic E-state index is 12.4. The molecule has 3 aromatic heterocycles. The van der Waals surface area contributed by atoms with Gasteiger partial charge in [0.05, 0.1) is 18.0 Å². The van der Waals surface area contributed by atoms with Crippen molar-refractivity contribution >= 4 is 22.5 Å². The van der Waals surface area contributed by atoms with Crippen LogP contribution in [0.5, 0.6) is 0 Å². The molecule has 0 fully saturated rings. The van der Waals surface area contributed by atoms with Gasteiger partial charge in [-0.15, -0.1) is 0 Å². The predicted octanol–water partition coefficient (Wildman–Crippen LogP) is 3.85. The van der Waals surface area contributed by atoms with Gasteiger partial charge in [-0.05, 0) is 44.2 Å². The Morgan fingerprint density at radius 2 is 2.16 bits per heavy atom. The van der Waals surface area contributed by atoms with Crippen molar-refractivity contribution in [2.45, 2.75) is 19.9 Å². The average molecular weight is 335 g/mol. The Bertz CT molecular complexity index is 1030. The van der Waals surface area contributed by atoms with Crippen LogP contribution in [0.15, 0.2) is 53.3 Å². The molecule has 2 N–H and O–H groups in total. The van der Waals surface area contributed by atoms with E-state index < -0.39 is 0 Å². The van der Waals surface area contributed by atoms with Gasteiger partial charge in [-0.1, -0.05) is 0 Å². The normalized spacial score (nSPS) is 11.3. The lowest BCUT2D eigenvalue weighted by atomic mass is 10.2.